The minimum atomic E-state index is -1.06. The lowest BCUT2D eigenvalue weighted by molar-refractivity contribution is -0.144. The molecule has 0 spiro atoms. The lowest BCUT2D eigenvalue weighted by atomic mass is 9.92. The molecule has 1 aliphatic rings. The molecule has 2 atom stereocenters. The number of halogens is 2. The van der Waals surface area contributed by atoms with Crippen molar-refractivity contribution in [2.24, 2.45) is 5.92 Å². The van der Waals surface area contributed by atoms with E-state index in [0.29, 0.717) is 19.4 Å². The minimum Gasteiger partial charge on any atom is -0.480 e. The second kappa shape index (κ2) is 5.79. The number of rotatable bonds is 2. The molecule has 0 aliphatic carbocycles. The smallest absolute Gasteiger partial charge is 0.326 e. The van der Waals surface area contributed by atoms with E-state index in [1.165, 1.54) is 17.0 Å². The van der Waals surface area contributed by atoms with Crippen LogP contribution in [0, 0.1) is 11.7 Å². The number of carboxylic acid groups (broad SMARTS) is 1. The third-order valence-electron chi connectivity index (χ3n) is 3.57. The van der Waals surface area contributed by atoms with Gasteiger partial charge in [-0.3, -0.25) is 4.79 Å². The van der Waals surface area contributed by atoms with Crippen molar-refractivity contribution < 1.29 is 19.1 Å². The number of hydrogen-bond donors (Lipinski definition) is 1. The number of benzene rings is 1. The van der Waals surface area contributed by atoms with Crippen LogP contribution in [0.25, 0.3) is 0 Å². The molecule has 108 valence electrons. The Morgan fingerprint density at radius 1 is 1.45 bits per heavy atom. The molecule has 0 saturated carbocycles. The summed E-state index contributed by atoms with van der Waals surface area (Å²) >= 11 is 5.77. The van der Waals surface area contributed by atoms with E-state index in [1.807, 2.05) is 6.92 Å². The molecule has 2 rings (SSSR count). The molecule has 1 amide bonds. The van der Waals surface area contributed by atoms with Crippen LogP contribution in [0.2, 0.25) is 5.02 Å². The molecular weight excluding hydrogens is 285 g/mol. The van der Waals surface area contributed by atoms with E-state index >= 15 is 0 Å². The van der Waals surface area contributed by atoms with Gasteiger partial charge in [-0.1, -0.05) is 18.5 Å². The van der Waals surface area contributed by atoms with E-state index in [0.717, 1.165) is 6.07 Å². The van der Waals surface area contributed by atoms with Crippen LogP contribution in [-0.4, -0.2) is 34.5 Å². The molecule has 0 bridgehead atoms. The zero-order chi connectivity index (χ0) is 14.9. The molecule has 6 heteroatoms. The standard InChI is InChI=1S/C14H15ClFNO3/c1-8-4-5-17(12(6-8)14(19)20)13(18)10-7-9(15)2-3-11(10)16/h2-3,7-8,12H,4-6H2,1H3,(H,19,20). The maximum atomic E-state index is 13.7. The Bertz CT molecular complexity index is 549. The Kier molecular flexibility index (Phi) is 4.28. The number of piperidine rings is 1. The summed E-state index contributed by atoms with van der Waals surface area (Å²) in [5.74, 6) is -2.15. The van der Waals surface area contributed by atoms with Gasteiger partial charge in [0.15, 0.2) is 0 Å². The first-order chi connectivity index (χ1) is 9.40. The van der Waals surface area contributed by atoms with Crippen molar-refractivity contribution in [1.29, 1.82) is 0 Å². The van der Waals surface area contributed by atoms with Gasteiger partial charge in [0, 0.05) is 11.6 Å². The predicted octanol–water partition coefficient (Wildman–Crippen LogP) is 2.80. The van der Waals surface area contributed by atoms with Gasteiger partial charge in [-0.15, -0.1) is 0 Å². The molecule has 1 fully saturated rings. The van der Waals surface area contributed by atoms with Gasteiger partial charge in [0.05, 0.1) is 5.56 Å². The summed E-state index contributed by atoms with van der Waals surface area (Å²) < 4.78 is 13.7. The highest BCUT2D eigenvalue weighted by atomic mass is 35.5. The van der Waals surface area contributed by atoms with Crippen LogP contribution < -0.4 is 0 Å². The summed E-state index contributed by atoms with van der Waals surface area (Å²) in [5.41, 5.74) is -0.182. The van der Waals surface area contributed by atoms with Gasteiger partial charge < -0.3 is 10.0 Å². The first-order valence-corrected chi connectivity index (χ1v) is 6.76. The molecule has 0 radical (unpaired) electrons. The van der Waals surface area contributed by atoms with Crippen molar-refractivity contribution in [3.63, 3.8) is 0 Å². The summed E-state index contributed by atoms with van der Waals surface area (Å²) in [6, 6.07) is 2.78. The van der Waals surface area contributed by atoms with Gasteiger partial charge >= 0.3 is 5.97 Å². The van der Waals surface area contributed by atoms with Crippen LogP contribution in [0.5, 0.6) is 0 Å². The zero-order valence-electron chi connectivity index (χ0n) is 11.0. The van der Waals surface area contributed by atoms with Crippen molar-refractivity contribution in [3.8, 4) is 0 Å². The SMILES string of the molecule is CC1CCN(C(=O)c2cc(Cl)ccc2F)C(C(=O)O)C1. The second-order valence-corrected chi connectivity index (χ2v) is 5.54. The molecule has 1 heterocycles. The summed E-state index contributed by atoms with van der Waals surface area (Å²) in [7, 11) is 0. The van der Waals surface area contributed by atoms with E-state index in [4.69, 9.17) is 11.6 Å². The zero-order valence-corrected chi connectivity index (χ0v) is 11.7. The lowest BCUT2D eigenvalue weighted by Crippen LogP contribution is -2.50. The number of carboxylic acids is 1. The molecule has 1 aromatic rings. The Morgan fingerprint density at radius 3 is 2.80 bits per heavy atom. The molecule has 20 heavy (non-hydrogen) atoms. The van der Waals surface area contributed by atoms with Gasteiger partial charge in [-0.2, -0.15) is 0 Å². The number of likely N-dealkylation sites (tertiary alicyclic amines) is 1. The molecule has 2 unspecified atom stereocenters. The van der Waals surface area contributed by atoms with Gasteiger partial charge in [0.1, 0.15) is 11.9 Å². The topological polar surface area (TPSA) is 57.6 Å². The van der Waals surface area contributed by atoms with Gasteiger partial charge in [-0.25, -0.2) is 9.18 Å². The van der Waals surface area contributed by atoms with Crippen molar-refractivity contribution >= 4 is 23.5 Å². The van der Waals surface area contributed by atoms with E-state index in [-0.39, 0.29) is 16.5 Å². The van der Waals surface area contributed by atoms with Crippen LogP contribution >= 0.6 is 11.6 Å². The molecule has 1 N–H and O–H groups in total. The highest BCUT2D eigenvalue weighted by Gasteiger charge is 2.35. The number of hydrogen-bond acceptors (Lipinski definition) is 2. The second-order valence-electron chi connectivity index (χ2n) is 5.11. The highest BCUT2D eigenvalue weighted by molar-refractivity contribution is 6.31. The van der Waals surface area contributed by atoms with Crippen LogP contribution in [0.3, 0.4) is 0 Å². The summed E-state index contributed by atoms with van der Waals surface area (Å²) in [6.45, 7) is 2.25. The number of carbonyl (C=O) groups excluding carboxylic acids is 1. The fourth-order valence-corrected chi connectivity index (χ4v) is 2.61. The molecule has 1 aromatic carbocycles. The molecule has 1 aliphatic heterocycles. The quantitative estimate of drug-likeness (QED) is 0.913. The van der Waals surface area contributed by atoms with Crippen molar-refractivity contribution in [1.82, 2.24) is 4.90 Å². The predicted molar refractivity (Wildman–Crippen MR) is 72.3 cm³/mol. The van der Waals surface area contributed by atoms with Crippen molar-refractivity contribution in [2.45, 2.75) is 25.8 Å². The van der Waals surface area contributed by atoms with Crippen LogP contribution in [0.1, 0.15) is 30.1 Å². The van der Waals surface area contributed by atoms with E-state index in [9.17, 15) is 19.1 Å². The van der Waals surface area contributed by atoms with Crippen LogP contribution in [0.4, 0.5) is 4.39 Å². The molecule has 4 nitrogen and oxygen atoms in total. The number of carbonyl (C=O) groups is 2. The van der Waals surface area contributed by atoms with Crippen molar-refractivity contribution in [2.75, 3.05) is 6.54 Å². The number of nitrogens with zero attached hydrogens (tertiary/aromatic N) is 1. The average Bonchev–Trinajstić information content (AvgIpc) is 2.40. The highest BCUT2D eigenvalue weighted by Crippen LogP contribution is 2.26. The Labute approximate surface area is 121 Å². The van der Waals surface area contributed by atoms with Crippen LogP contribution in [-0.2, 0) is 4.79 Å². The Hall–Kier alpha value is -1.62. The maximum absolute atomic E-state index is 13.7. The third kappa shape index (κ3) is 2.93. The van der Waals surface area contributed by atoms with Gasteiger partial charge in [0.2, 0.25) is 0 Å². The van der Waals surface area contributed by atoms with Gasteiger partial charge in [0.25, 0.3) is 5.91 Å². The molecular formula is C14H15ClFNO3. The minimum absolute atomic E-state index is 0.182. The fraction of sp³-hybridized carbons (Fsp3) is 0.429. The summed E-state index contributed by atoms with van der Waals surface area (Å²) in [5, 5.41) is 9.48. The van der Waals surface area contributed by atoms with Crippen molar-refractivity contribution in [3.05, 3.63) is 34.6 Å². The van der Waals surface area contributed by atoms with E-state index < -0.39 is 23.7 Å². The Morgan fingerprint density at radius 2 is 2.15 bits per heavy atom. The summed E-state index contributed by atoms with van der Waals surface area (Å²) in [6.07, 6.45) is 1.08. The normalized spacial score (nSPS) is 22.6. The first kappa shape index (κ1) is 14.8. The molecule has 0 aromatic heterocycles. The van der Waals surface area contributed by atoms with E-state index in [2.05, 4.69) is 0 Å². The largest absolute Gasteiger partial charge is 0.480 e. The monoisotopic (exact) mass is 299 g/mol. The average molecular weight is 300 g/mol. The lowest BCUT2D eigenvalue weighted by Gasteiger charge is -2.36. The number of amides is 1. The van der Waals surface area contributed by atoms with Gasteiger partial charge in [-0.05, 0) is 37.0 Å². The van der Waals surface area contributed by atoms with E-state index in [1.54, 1.807) is 0 Å². The first-order valence-electron chi connectivity index (χ1n) is 6.39. The summed E-state index contributed by atoms with van der Waals surface area (Å²) in [4.78, 5) is 24.9. The van der Waals surface area contributed by atoms with Crippen LogP contribution in [0.15, 0.2) is 18.2 Å². The maximum Gasteiger partial charge on any atom is 0.326 e. The Balaban J connectivity index is 2.31. The fourth-order valence-electron chi connectivity index (χ4n) is 2.43. The molecule has 1 saturated heterocycles. The number of aliphatic carboxylic acids is 1. The third-order valence-corrected chi connectivity index (χ3v) is 3.80.